The molecule has 1 aliphatic rings. The van der Waals surface area contributed by atoms with Gasteiger partial charge in [0.1, 0.15) is 5.01 Å². The summed E-state index contributed by atoms with van der Waals surface area (Å²) in [4.78, 5) is 4.56. The van der Waals surface area contributed by atoms with Gasteiger partial charge in [-0.05, 0) is 25.2 Å². The predicted molar refractivity (Wildman–Crippen MR) is 66.4 cm³/mol. The molecule has 0 bridgehead atoms. The predicted octanol–water partition coefficient (Wildman–Crippen LogP) is 2.26. The number of nitrogens with one attached hydrogen (secondary N) is 1. The van der Waals surface area contributed by atoms with Crippen LogP contribution in [0.25, 0.3) is 10.6 Å². The Morgan fingerprint density at radius 1 is 1.35 bits per heavy atom. The largest absolute Gasteiger partial charge is 0.454 e. The molecule has 4 nitrogen and oxygen atoms in total. The quantitative estimate of drug-likeness (QED) is 0.904. The molecule has 17 heavy (non-hydrogen) atoms. The fraction of sp³-hybridized carbons (Fsp3) is 0.250. The molecule has 2 aromatic rings. The molecule has 0 radical (unpaired) electrons. The van der Waals surface area contributed by atoms with E-state index in [1.807, 2.05) is 25.2 Å². The van der Waals surface area contributed by atoms with Crippen LogP contribution in [0.5, 0.6) is 11.5 Å². The summed E-state index contributed by atoms with van der Waals surface area (Å²) in [6, 6.07) is 5.91. The van der Waals surface area contributed by atoms with Crippen LogP contribution in [-0.2, 0) is 6.54 Å². The lowest BCUT2D eigenvalue weighted by atomic mass is 10.2. The second kappa shape index (κ2) is 4.35. The lowest BCUT2D eigenvalue weighted by molar-refractivity contribution is 0.174. The summed E-state index contributed by atoms with van der Waals surface area (Å²) in [7, 11) is 1.92. The maximum absolute atomic E-state index is 5.36. The summed E-state index contributed by atoms with van der Waals surface area (Å²) < 4.78 is 10.6. The molecule has 2 heterocycles. The zero-order valence-electron chi connectivity index (χ0n) is 9.40. The van der Waals surface area contributed by atoms with Crippen molar-refractivity contribution in [1.82, 2.24) is 10.3 Å². The van der Waals surface area contributed by atoms with E-state index < -0.39 is 0 Å². The third-order valence-corrected chi connectivity index (χ3v) is 3.47. The van der Waals surface area contributed by atoms with E-state index in [4.69, 9.17) is 9.47 Å². The van der Waals surface area contributed by atoms with E-state index in [0.29, 0.717) is 6.79 Å². The highest BCUT2D eigenvalue weighted by Crippen LogP contribution is 2.36. The molecular weight excluding hydrogens is 236 g/mol. The van der Waals surface area contributed by atoms with Gasteiger partial charge in [0.25, 0.3) is 0 Å². The van der Waals surface area contributed by atoms with Crippen molar-refractivity contribution in [2.24, 2.45) is 0 Å². The van der Waals surface area contributed by atoms with Crippen LogP contribution in [0, 0.1) is 0 Å². The van der Waals surface area contributed by atoms with E-state index >= 15 is 0 Å². The van der Waals surface area contributed by atoms with Gasteiger partial charge in [0, 0.05) is 17.5 Å². The number of ether oxygens (including phenoxy) is 2. The molecule has 0 atom stereocenters. The fourth-order valence-corrected chi connectivity index (χ4v) is 2.55. The summed E-state index contributed by atoms with van der Waals surface area (Å²) >= 11 is 1.64. The van der Waals surface area contributed by atoms with E-state index in [0.717, 1.165) is 34.3 Å². The van der Waals surface area contributed by atoms with Gasteiger partial charge in [-0.3, -0.25) is 0 Å². The van der Waals surface area contributed by atoms with Gasteiger partial charge in [-0.15, -0.1) is 11.3 Å². The zero-order valence-corrected chi connectivity index (χ0v) is 10.2. The molecule has 3 rings (SSSR count). The molecule has 5 heteroatoms. The normalized spacial score (nSPS) is 13.0. The maximum Gasteiger partial charge on any atom is 0.231 e. The Bertz CT molecular complexity index is 539. The number of aromatic nitrogens is 1. The Morgan fingerprint density at radius 2 is 2.24 bits per heavy atom. The van der Waals surface area contributed by atoms with E-state index in [2.05, 4.69) is 15.7 Å². The van der Waals surface area contributed by atoms with Gasteiger partial charge in [0.2, 0.25) is 6.79 Å². The Morgan fingerprint density at radius 3 is 3.12 bits per heavy atom. The minimum Gasteiger partial charge on any atom is -0.454 e. The van der Waals surface area contributed by atoms with Crippen LogP contribution in [0.3, 0.4) is 0 Å². The summed E-state index contributed by atoms with van der Waals surface area (Å²) in [6.07, 6.45) is 0. The second-order valence-corrected chi connectivity index (χ2v) is 4.60. The third-order valence-electron chi connectivity index (χ3n) is 2.53. The van der Waals surface area contributed by atoms with Crippen molar-refractivity contribution in [1.29, 1.82) is 0 Å². The Hall–Kier alpha value is -1.59. The number of thiazole rings is 1. The van der Waals surface area contributed by atoms with Crippen LogP contribution in [0.1, 0.15) is 5.69 Å². The van der Waals surface area contributed by atoms with Crippen LogP contribution in [0.2, 0.25) is 0 Å². The van der Waals surface area contributed by atoms with Crippen LogP contribution in [0.4, 0.5) is 0 Å². The highest BCUT2D eigenvalue weighted by molar-refractivity contribution is 7.13. The molecular formula is C12H12N2O2S. The van der Waals surface area contributed by atoms with Gasteiger partial charge >= 0.3 is 0 Å². The van der Waals surface area contributed by atoms with Gasteiger partial charge in [0.05, 0.1) is 5.69 Å². The minimum atomic E-state index is 0.307. The van der Waals surface area contributed by atoms with Gasteiger partial charge in [-0.1, -0.05) is 0 Å². The molecule has 0 amide bonds. The first kappa shape index (κ1) is 10.6. The summed E-state index contributed by atoms with van der Waals surface area (Å²) in [5.41, 5.74) is 2.13. The number of benzene rings is 1. The Labute approximate surface area is 103 Å². The van der Waals surface area contributed by atoms with E-state index in [9.17, 15) is 0 Å². The highest BCUT2D eigenvalue weighted by atomic mass is 32.1. The molecule has 0 aliphatic carbocycles. The maximum atomic E-state index is 5.36. The summed E-state index contributed by atoms with van der Waals surface area (Å²) in [5.74, 6) is 1.61. The number of fused-ring (bicyclic) bond motifs is 1. The molecule has 88 valence electrons. The number of rotatable bonds is 3. The van der Waals surface area contributed by atoms with E-state index in [1.54, 1.807) is 11.3 Å². The molecule has 1 N–H and O–H groups in total. The standard InChI is InChI=1S/C12H12N2O2S/c1-13-5-9-6-17-12(14-9)8-2-3-10-11(4-8)16-7-15-10/h2-4,6,13H,5,7H2,1H3. The smallest absolute Gasteiger partial charge is 0.231 e. The molecule has 0 fully saturated rings. The van der Waals surface area contributed by atoms with Crippen molar-refractivity contribution in [2.45, 2.75) is 6.54 Å². The lowest BCUT2D eigenvalue weighted by Crippen LogP contribution is -2.04. The second-order valence-electron chi connectivity index (χ2n) is 3.74. The molecule has 0 unspecified atom stereocenters. The summed E-state index contributed by atoms with van der Waals surface area (Å²) in [5, 5.41) is 6.16. The first-order chi connectivity index (χ1) is 8.36. The lowest BCUT2D eigenvalue weighted by Gasteiger charge is -1.99. The molecule has 1 aromatic heterocycles. The van der Waals surface area contributed by atoms with Crippen molar-refractivity contribution in [3.8, 4) is 22.1 Å². The van der Waals surface area contributed by atoms with Crippen molar-refractivity contribution < 1.29 is 9.47 Å². The molecule has 0 saturated carbocycles. The van der Waals surface area contributed by atoms with Crippen molar-refractivity contribution in [3.05, 3.63) is 29.3 Å². The molecule has 0 saturated heterocycles. The van der Waals surface area contributed by atoms with Crippen molar-refractivity contribution in [3.63, 3.8) is 0 Å². The minimum absolute atomic E-state index is 0.307. The fourth-order valence-electron chi connectivity index (χ4n) is 1.73. The summed E-state index contributed by atoms with van der Waals surface area (Å²) in [6.45, 7) is 1.10. The highest BCUT2D eigenvalue weighted by Gasteiger charge is 2.15. The number of hydrogen-bond acceptors (Lipinski definition) is 5. The Balaban J connectivity index is 1.92. The molecule has 1 aromatic carbocycles. The number of hydrogen-bond donors (Lipinski definition) is 1. The van der Waals surface area contributed by atoms with Crippen molar-refractivity contribution >= 4 is 11.3 Å². The van der Waals surface area contributed by atoms with Crippen LogP contribution in [0.15, 0.2) is 23.6 Å². The molecule has 0 spiro atoms. The van der Waals surface area contributed by atoms with Crippen LogP contribution in [-0.4, -0.2) is 18.8 Å². The van der Waals surface area contributed by atoms with Gasteiger partial charge in [0.15, 0.2) is 11.5 Å². The zero-order chi connectivity index (χ0) is 11.7. The SMILES string of the molecule is CNCc1csc(-c2ccc3c(c2)OCO3)n1. The monoisotopic (exact) mass is 248 g/mol. The van der Waals surface area contributed by atoms with Crippen molar-refractivity contribution in [2.75, 3.05) is 13.8 Å². The Kier molecular flexibility index (Phi) is 2.70. The average molecular weight is 248 g/mol. The first-order valence-electron chi connectivity index (χ1n) is 5.36. The van der Waals surface area contributed by atoms with Crippen LogP contribution < -0.4 is 14.8 Å². The van der Waals surface area contributed by atoms with Crippen LogP contribution >= 0.6 is 11.3 Å². The third kappa shape index (κ3) is 1.99. The first-order valence-corrected chi connectivity index (χ1v) is 6.24. The topological polar surface area (TPSA) is 43.4 Å². The molecule has 1 aliphatic heterocycles. The van der Waals surface area contributed by atoms with Gasteiger partial charge in [-0.25, -0.2) is 4.98 Å². The van der Waals surface area contributed by atoms with E-state index in [1.165, 1.54) is 0 Å². The van der Waals surface area contributed by atoms with Gasteiger partial charge < -0.3 is 14.8 Å². The van der Waals surface area contributed by atoms with E-state index in [-0.39, 0.29) is 0 Å². The average Bonchev–Trinajstić information content (AvgIpc) is 2.96. The van der Waals surface area contributed by atoms with Gasteiger partial charge in [-0.2, -0.15) is 0 Å². The number of nitrogens with zero attached hydrogens (tertiary/aromatic N) is 1.